The average molecular weight is 366 g/mol. The summed E-state index contributed by atoms with van der Waals surface area (Å²) in [4.78, 5) is 12.1. The Morgan fingerprint density at radius 3 is 2.52 bits per heavy atom. The molecule has 2 aromatic rings. The number of carbonyl (C=O) groups excluding carboxylic acids is 1. The maximum atomic E-state index is 13.5. The van der Waals surface area contributed by atoms with Crippen molar-refractivity contribution in [3.63, 3.8) is 0 Å². The monoisotopic (exact) mass is 366 g/mol. The summed E-state index contributed by atoms with van der Waals surface area (Å²) in [7, 11) is -2.22. The van der Waals surface area contributed by atoms with Gasteiger partial charge in [0.15, 0.2) is 0 Å². The molecular weight excluding hydrogens is 347 g/mol. The highest BCUT2D eigenvalue weighted by Gasteiger charge is 2.17. The number of amides is 1. The fraction of sp³-hybridized carbons (Fsp3) is 0.235. The SMILES string of the molecule is CN(c1ccc(F)cc1NC(=O)CCOc1ccccc1)S(C)(=O)=O. The van der Waals surface area contributed by atoms with Gasteiger partial charge in [-0.15, -0.1) is 0 Å². The molecule has 8 heteroatoms. The minimum Gasteiger partial charge on any atom is -0.493 e. The van der Waals surface area contributed by atoms with E-state index in [-0.39, 0.29) is 24.4 Å². The van der Waals surface area contributed by atoms with Crippen molar-refractivity contribution in [2.75, 3.05) is 29.5 Å². The van der Waals surface area contributed by atoms with E-state index < -0.39 is 21.7 Å². The molecule has 6 nitrogen and oxygen atoms in total. The quantitative estimate of drug-likeness (QED) is 0.817. The van der Waals surface area contributed by atoms with Gasteiger partial charge in [0.25, 0.3) is 0 Å². The zero-order valence-corrected chi connectivity index (χ0v) is 14.7. The van der Waals surface area contributed by atoms with Crippen molar-refractivity contribution in [1.82, 2.24) is 0 Å². The van der Waals surface area contributed by atoms with Crippen LogP contribution in [0.5, 0.6) is 5.75 Å². The van der Waals surface area contributed by atoms with Crippen LogP contribution in [0.25, 0.3) is 0 Å². The Morgan fingerprint density at radius 2 is 1.88 bits per heavy atom. The molecule has 0 heterocycles. The molecule has 0 saturated carbocycles. The van der Waals surface area contributed by atoms with Gasteiger partial charge < -0.3 is 10.1 Å². The lowest BCUT2D eigenvalue weighted by atomic mass is 10.2. The van der Waals surface area contributed by atoms with E-state index in [1.807, 2.05) is 18.2 Å². The highest BCUT2D eigenvalue weighted by Crippen LogP contribution is 2.27. The fourth-order valence-corrected chi connectivity index (χ4v) is 2.57. The van der Waals surface area contributed by atoms with E-state index in [2.05, 4.69) is 5.32 Å². The van der Waals surface area contributed by atoms with E-state index >= 15 is 0 Å². The number of nitrogens with zero attached hydrogens (tertiary/aromatic N) is 1. The number of sulfonamides is 1. The van der Waals surface area contributed by atoms with E-state index in [0.29, 0.717) is 5.75 Å². The van der Waals surface area contributed by atoms with Gasteiger partial charge in [0.05, 0.1) is 30.7 Å². The van der Waals surface area contributed by atoms with E-state index in [0.717, 1.165) is 22.7 Å². The van der Waals surface area contributed by atoms with E-state index in [9.17, 15) is 17.6 Å². The number of ether oxygens (including phenoxy) is 1. The molecule has 0 aliphatic heterocycles. The zero-order valence-electron chi connectivity index (χ0n) is 13.9. The molecule has 0 bridgehead atoms. The molecular formula is C17H19FN2O4S. The van der Waals surface area contributed by atoms with Crippen LogP contribution in [0, 0.1) is 5.82 Å². The molecule has 0 aliphatic carbocycles. The molecule has 0 fully saturated rings. The first-order valence-corrected chi connectivity index (χ1v) is 9.33. The first-order chi connectivity index (χ1) is 11.8. The van der Waals surface area contributed by atoms with Crippen molar-refractivity contribution in [2.24, 2.45) is 0 Å². The molecule has 25 heavy (non-hydrogen) atoms. The second kappa shape index (κ2) is 7.98. The zero-order chi connectivity index (χ0) is 18.4. The Hall–Kier alpha value is -2.61. The van der Waals surface area contributed by atoms with Gasteiger partial charge in [-0.2, -0.15) is 0 Å². The van der Waals surface area contributed by atoms with Gasteiger partial charge in [-0.05, 0) is 30.3 Å². The maximum Gasteiger partial charge on any atom is 0.232 e. The number of halogens is 1. The van der Waals surface area contributed by atoms with E-state index in [4.69, 9.17) is 4.74 Å². The molecule has 0 spiro atoms. The molecule has 0 aromatic heterocycles. The minimum atomic E-state index is -3.55. The van der Waals surface area contributed by atoms with Crippen LogP contribution in [-0.2, 0) is 14.8 Å². The second-order valence-corrected chi connectivity index (χ2v) is 7.37. The van der Waals surface area contributed by atoms with Crippen molar-refractivity contribution in [1.29, 1.82) is 0 Å². The van der Waals surface area contributed by atoms with Crippen LogP contribution in [0.3, 0.4) is 0 Å². The van der Waals surface area contributed by atoms with E-state index in [1.165, 1.54) is 13.1 Å². The Bertz CT molecular complexity index is 841. The summed E-state index contributed by atoms with van der Waals surface area (Å²) in [6.45, 7) is 0.141. The summed E-state index contributed by atoms with van der Waals surface area (Å²) in [5, 5.41) is 2.53. The largest absolute Gasteiger partial charge is 0.493 e. The first-order valence-electron chi connectivity index (χ1n) is 7.48. The van der Waals surface area contributed by atoms with Crippen LogP contribution in [-0.4, -0.2) is 34.2 Å². The van der Waals surface area contributed by atoms with Gasteiger partial charge >= 0.3 is 0 Å². The molecule has 2 aromatic carbocycles. The lowest BCUT2D eigenvalue weighted by Crippen LogP contribution is -2.26. The standard InChI is InChI=1S/C17H19FN2O4S/c1-20(25(2,22)23)16-9-8-13(18)12-15(16)19-17(21)10-11-24-14-6-4-3-5-7-14/h3-9,12H,10-11H2,1-2H3,(H,19,21). The topological polar surface area (TPSA) is 75.7 Å². The molecule has 1 amide bonds. The number of rotatable bonds is 7. The highest BCUT2D eigenvalue weighted by molar-refractivity contribution is 7.92. The molecule has 0 unspecified atom stereocenters. The lowest BCUT2D eigenvalue weighted by molar-refractivity contribution is -0.116. The number of para-hydroxylation sites is 1. The second-order valence-electron chi connectivity index (χ2n) is 5.35. The molecule has 0 atom stereocenters. The fourth-order valence-electron chi connectivity index (χ4n) is 2.05. The van der Waals surface area contributed by atoms with Crippen LogP contribution in [0.2, 0.25) is 0 Å². The summed E-state index contributed by atoms with van der Waals surface area (Å²) in [5.41, 5.74) is 0.263. The summed E-state index contributed by atoms with van der Waals surface area (Å²) in [6.07, 6.45) is 1.06. The third-order valence-electron chi connectivity index (χ3n) is 3.41. The maximum absolute atomic E-state index is 13.5. The molecule has 0 radical (unpaired) electrons. The number of benzene rings is 2. The van der Waals surface area contributed by atoms with Gasteiger partial charge in [-0.3, -0.25) is 9.10 Å². The summed E-state index contributed by atoms with van der Waals surface area (Å²) in [5.74, 6) is -0.357. The van der Waals surface area contributed by atoms with Crippen LogP contribution in [0.1, 0.15) is 6.42 Å². The van der Waals surface area contributed by atoms with Gasteiger partial charge in [0.1, 0.15) is 11.6 Å². The molecule has 1 N–H and O–H groups in total. The normalized spacial score (nSPS) is 11.0. The average Bonchev–Trinajstić information content (AvgIpc) is 2.54. The minimum absolute atomic E-state index is 0.0352. The van der Waals surface area contributed by atoms with E-state index in [1.54, 1.807) is 12.1 Å². The molecule has 134 valence electrons. The number of hydrogen-bond donors (Lipinski definition) is 1. The van der Waals surface area contributed by atoms with Crippen molar-refractivity contribution < 1.29 is 22.3 Å². The smallest absolute Gasteiger partial charge is 0.232 e. The van der Waals surface area contributed by atoms with Crippen LogP contribution < -0.4 is 14.4 Å². The number of nitrogens with one attached hydrogen (secondary N) is 1. The third kappa shape index (κ3) is 5.46. The highest BCUT2D eigenvalue weighted by atomic mass is 32.2. The van der Waals surface area contributed by atoms with Crippen molar-refractivity contribution in [3.8, 4) is 5.75 Å². The van der Waals surface area contributed by atoms with Gasteiger partial charge in [0.2, 0.25) is 15.9 Å². The van der Waals surface area contributed by atoms with Crippen molar-refractivity contribution in [2.45, 2.75) is 6.42 Å². The van der Waals surface area contributed by atoms with Crippen LogP contribution in [0.15, 0.2) is 48.5 Å². The Morgan fingerprint density at radius 1 is 1.20 bits per heavy atom. The number of carbonyl (C=O) groups is 1. The van der Waals surface area contributed by atoms with Gasteiger partial charge in [0, 0.05) is 7.05 Å². The van der Waals surface area contributed by atoms with Crippen LogP contribution in [0.4, 0.5) is 15.8 Å². The molecule has 0 saturated heterocycles. The third-order valence-corrected chi connectivity index (χ3v) is 4.60. The van der Waals surface area contributed by atoms with Crippen molar-refractivity contribution >= 4 is 27.3 Å². The summed E-state index contributed by atoms with van der Waals surface area (Å²) >= 11 is 0. The molecule has 0 aliphatic rings. The Labute approximate surface area is 146 Å². The Balaban J connectivity index is 2.03. The van der Waals surface area contributed by atoms with Gasteiger partial charge in [-0.25, -0.2) is 12.8 Å². The lowest BCUT2D eigenvalue weighted by Gasteiger charge is -2.20. The van der Waals surface area contributed by atoms with Gasteiger partial charge in [-0.1, -0.05) is 18.2 Å². The predicted octanol–water partition coefficient (Wildman–Crippen LogP) is 2.63. The van der Waals surface area contributed by atoms with Crippen LogP contribution >= 0.6 is 0 Å². The van der Waals surface area contributed by atoms with Crippen molar-refractivity contribution in [3.05, 3.63) is 54.3 Å². The Kier molecular flexibility index (Phi) is 5.97. The predicted molar refractivity (Wildman–Crippen MR) is 94.8 cm³/mol. The molecule has 2 rings (SSSR count). The number of anilines is 2. The summed E-state index contributed by atoms with van der Waals surface area (Å²) < 4.78 is 43.3. The number of hydrogen-bond acceptors (Lipinski definition) is 4. The first kappa shape index (κ1) is 18.7. The summed E-state index contributed by atoms with van der Waals surface area (Å²) in [6, 6.07) is 12.5.